The summed E-state index contributed by atoms with van der Waals surface area (Å²) in [5, 5.41) is 14.5. The van der Waals surface area contributed by atoms with Gasteiger partial charge in [-0.2, -0.15) is 5.26 Å². The van der Waals surface area contributed by atoms with Crippen LogP contribution in [0.15, 0.2) is 216 Å². The number of rotatable bonds is 3. The molecule has 0 amide bonds. The van der Waals surface area contributed by atoms with Crippen LogP contribution in [0.3, 0.4) is 0 Å². The fraction of sp³-hybridized carbons (Fsp3) is 0.0167. The van der Waals surface area contributed by atoms with Crippen molar-refractivity contribution in [3.63, 3.8) is 0 Å². The highest BCUT2D eigenvalue weighted by Gasteiger charge is 2.52. The van der Waals surface area contributed by atoms with Crippen LogP contribution in [0.1, 0.15) is 27.8 Å². The minimum absolute atomic E-state index is 0.649. The summed E-state index contributed by atoms with van der Waals surface area (Å²) in [6, 6.07) is 71.2. The molecule has 0 saturated heterocycles. The number of fused-ring (bicyclic) bond motifs is 17. The van der Waals surface area contributed by atoms with E-state index in [-0.39, 0.29) is 0 Å². The predicted octanol–water partition coefficient (Wildman–Crippen LogP) is 14.9. The van der Waals surface area contributed by atoms with Crippen LogP contribution in [0.25, 0.3) is 66.4 Å². The van der Waals surface area contributed by atoms with E-state index in [0.717, 1.165) is 116 Å². The van der Waals surface area contributed by atoms with Crippen molar-refractivity contribution in [3.8, 4) is 40.3 Å². The molecule has 68 heavy (non-hydrogen) atoms. The molecule has 0 bridgehead atoms. The van der Waals surface area contributed by atoms with Crippen LogP contribution in [0.2, 0.25) is 0 Å². The summed E-state index contributed by atoms with van der Waals surface area (Å²) in [7, 11) is 0. The lowest BCUT2D eigenvalue weighted by atomic mass is 9.66. The van der Waals surface area contributed by atoms with Gasteiger partial charge in [0, 0.05) is 71.7 Å². The smallest absolute Gasteiger partial charge is 0.134 e. The van der Waals surface area contributed by atoms with Gasteiger partial charge in [-0.3, -0.25) is 9.97 Å². The van der Waals surface area contributed by atoms with Crippen LogP contribution in [-0.2, 0) is 5.41 Å². The Morgan fingerprint density at radius 3 is 1.90 bits per heavy atom. The lowest BCUT2D eigenvalue weighted by Gasteiger charge is -2.39. The average molecular weight is 887 g/mol. The Balaban J connectivity index is 0.938. The number of nitrogens with zero attached hydrogens (tertiary/aromatic N) is 6. The maximum atomic E-state index is 9.79. The Hall–Kier alpha value is -8.90. The van der Waals surface area contributed by atoms with Crippen LogP contribution in [0.5, 0.6) is 11.5 Å². The number of hydrogen-bond donors (Lipinski definition) is 0. The molecular weight excluding hydrogens is 853 g/mol. The van der Waals surface area contributed by atoms with Gasteiger partial charge >= 0.3 is 0 Å². The standard InChI is InChI=1S/C60H34N6OS/c61-34-36-23-27-53-57(30-36)68-56-22-10-8-20-52(56)65(53)37-25-28-51-43(31-37)42-14-3-7-19-50(42)64(51)38-24-26-45-55(33-38)67-54-21-9-4-15-44(54)60(45)46-16-11-29-62-58(46)59-47(60)32-39(35-63-59)66-48-17-5-1-12-40(48)41-13-2-6-18-49(41)66/h1-33,35H. The molecule has 316 valence electrons. The molecule has 0 N–H and O–H groups in total. The topological polar surface area (TPSA) is 71.9 Å². The second-order valence-corrected chi connectivity index (χ2v) is 18.7. The summed E-state index contributed by atoms with van der Waals surface area (Å²) in [6.45, 7) is 0. The zero-order valence-corrected chi connectivity index (χ0v) is 36.9. The molecule has 1 spiro atoms. The van der Waals surface area contributed by atoms with E-state index in [4.69, 9.17) is 14.7 Å². The number of aromatic nitrogens is 4. The number of para-hydroxylation sites is 5. The van der Waals surface area contributed by atoms with Crippen molar-refractivity contribution >= 4 is 72.4 Å². The van der Waals surface area contributed by atoms with Crippen LogP contribution in [0.4, 0.5) is 17.1 Å². The van der Waals surface area contributed by atoms with Crippen molar-refractivity contribution < 1.29 is 4.74 Å². The molecule has 4 aromatic heterocycles. The first kappa shape index (κ1) is 37.3. The zero-order chi connectivity index (χ0) is 44.7. The maximum absolute atomic E-state index is 9.79. The summed E-state index contributed by atoms with van der Waals surface area (Å²) in [5.41, 5.74) is 15.5. The lowest BCUT2D eigenvalue weighted by molar-refractivity contribution is 0.436. The molecule has 0 saturated carbocycles. The molecular formula is C60H34N6OS. The Kier molecular flexibility index (Phi) is 7.58. The van der Waals surface area contributed by atoms with E-state index in [9.17, 15) is 5.26 Å². The van der Waals surface area contributed by atoms with Gasteiger partial charge in [0.1, 0.15) is 11.5 Å². The number of nitriles is 1. The van der Waals surface area contributed by atoms with Gasteiger partial charge in [0.15, 0.2) is 0 Å². The number of pyridine rings is 2. The van der Waals surface area contributed by atoms with Gasteiger partial charge in [-0.25, -0.2) is 0 Å². The number of hydrogen-bond acceptors (Lipinski definition) is 6. The maximum Gasteiger partial charge on any atom is 0.134 e. The molecule has 6 heterocycles. The van der Waals surface area contributed by atoms with E-state index in [2.05, 4.69) is 196 Å². The highest BCUT2D eigenvalue weighted by Crippen LogP contribution is 2.62. The molecule has 8 heteroatoms. The van der Waals surface area contributed by atoms with Crippen LogP contribution in [-0.4, -0.2) is 19.1 Å². The molecule has 1 unspecified atom stereocenters. The Bertz CT molecular complexity index is 4160. The summed E-state index contributed by atoms with van der Waals surface area (Å²) in [4.78, 5) is 14.9. The van der Waals surface area contributed by atoms with Crippen LogP contribution in [0, 0.1) is 11.3 Å². The fourth-order valence-electron chi connectivity index (χ4n) is 11.5. The minimum Gasteiger partial charge on any atom is -0.457 e. The van der Waals surface area contributed by atoms with Crippen molar-refractivity contribution in [1.82, 2.24) is 19.1 Å². The SMILES string of the molecule is N#Cc1ccc2c(c1)Sc1ccccc1N2c1ccc2c(c1)c1ccccc1n2-c1ccc2c(c1)Oc1ccccc1C21c2cccnc2-c2ncc(-n3c4ccccc4c4ccccc43)cc21. The largest absolute Gasteiger partial charge is 0.457 e. The van der Waals surface area contributed by atoms with E-state index in [1.807, 2.05) is 30.6 Å². The number of ether oxygens (including phenoxy) is 1. The van der Waals surface area contributed by atoms with E-state index in [1.165, 1.54) is 10.8 Å². The molecule has 1 aliphatic carbocycles. The predicted molar refractivity (Wildman–Crippen MR) is 272 cm³/mol. The molecule has 0 fully saturated rings. The highest BCUT2D eigenvalue weighted by molar-refractivity contribution is 7.99. The molecule has 7 nitrogen and oxygen atoms in total. The zero-order valence-electron chi connectivity index (χ0n) is 36.1. The summed E-state index contributed by atoms with van der Waals surface area (Å²) in [5.74, 6) is 1.58. The van der Waals surface area contributed by atoms with Crippen molar-refractivity contribution in [2.75, 3.05) is 4.90 Å². The van der Waals surface area contributed by atoms with Crippen molar-refractivity contribution in [2.45, 2.75) is 15.2 Å². The number of anilines is 3. The summed E-state index contributed by atoms with van der Waals surface area (Å²) in [6.07, 6.45) is 3.88. The van der Waals surface area contributed by atoms with E-state index in [0.29, 0.717) is 5.56 Å². The minimum atomic E-state index is -0.771. The third-order valence-corrected chi connectivity index (χ3v) is 15.4. The van der Waals surface area contributed by atoms with Crippen LogP contribution >= 0.6 is 11.8 Å². The lowest BCUT2D eigenvalue weighted by Crippen LogP contribution is -2.32. The second kappa shape index (κ2) is 13.8. The average Bonchev–Trinajstić information content (AvgIpc) is 4.01. The third kappa shape index (κ3) is 4.92. The van der Waals surface area contributed by atoms with Gasteiger partial charge in [-0.15, -0.1) is 0 Å². The molecule has 3 aliphatic rings. The van der Waals surface area contributed by atoms with Crippen molar-refractivity contribution in [2.24, 2.45) is 0 Å². The van der Waals surface area contributed by atoms with Gasteiger partial charge in [-0.1, -0.05) is 109 Å². The van der Waals surface area contributed by atoms with Crippen LogP contribution < -0.4 is 9.64 Å². The molecule has 0 radical (unpaired) electrons. The molecule has 2 aliphatic heterocycles. The molecule has 15 rings (SSSR count). The van der Waals surface area contributed by atoms with Crippen molar-refractivity contribution in [3.05, 3.63) is 234 Å². The summed E-state index contributed by atoms with van der Waals surface area (Å²) < 4.78 is 11.8. The third-order valence-electron chi connectivity index (χ3n) is 14.3. The van der Waals surface area contributed by atoms with E-state index >= 15 is 0 Å². The van der Waals surface area contributed by atoms with Crippen molar-refractivity contribution in [1.29, 1.82) is 5.26 Å². The van der Waals surface area contributed by atoms with Gasteiger partial charge in [0.05, 0.1) is 73.8 Å². The Morgan fingerprint density at radius 2 is 1.09 bits per heavy atom. The second-order valence-electron chi connectivity index (χ2n) is 17.6. The quantitative estimate of drug-likeness (QED) is 0.176. The Morgan fingerprint density at radius 1 is 0.456 bits per heavy atom. The fourth-order valence-corrected chi connectivity index (χ4v) is 12.6. The summed E-state index contributed by atoms with van der Waals surface area (Å²) >= 11 is 1.71. The van der Waals surface area contributed by atoms with E-state index < -0.39 is 5.41 Å². The van der Waals surface area contributed by atoms with Gasteiger partial charge in [0.25, 0.3) is 0 Å². The van der Waals surface area contributed by atoms with E-state index in [1.54, 1.807) is 11.8 Å². The first-order valence-corrected chi connectivity index (χ1v) is 23.5. The Labute approximate surface area is 394 Å². The number of benzene rings is 8. The first-order chi connectivity index (χ1) is 33.7. The van der Waals surface area contributed by atoms with Gasteiger partial charge < -0.3 is 18.8 Å². The monoisotopic (exact) mass is 886 g/mol. The van der Waals surface area contributed by atoms with Gasteiger partial charge in [-0.05, 0) is 96.6 Å². The molecule has 8 aromatic carbocycles. The highest BCUT2D eigenvalue weighted by atomic mass is 32.2. The normalized spacial score (nSPS) is 15.1. The molecule has 12 aromatic rings. The van der Waals surface area contributed by atoms with Gasteiger partial charge in [0.2, 0.25) is 0 Å². The first-order valence-electron chi connectivity index (χ1n) is 22.7. The molecule has 1 atom stereocenters.